The second kappa shape index (κ2) is 6.31. The lowest BCUT2D eigenvalue weighted by atomic mass is 10.3. The van der Waals surface area contributed by atoms with Gasteiger partial charge in [-0.15, -0.1) is 11.8 Å². The number of rotatable bonds is 2. The average molecular weight is 293 g/mol. The molecule has 1 aromatic rings. The lowest BCUT2D eigenvalue weighted by Gasteiger charge is -2.28. The summed E-state index contributed by atoms with van der Waals surface area (Å²) in [6.45, 7) is 6.78. The number of benzene rings is 1. The lowest BCUT2D eigenvalue weighted by Crippen LogP contribution is -2.43. The first-order chi connectivity index (χ1) is 9.33. The van der Waals surface area contributed by atoms with Crippen LogP contribution in [0.4, 0.5) is 5.69 Å². The molecule has 2 aliphatic heterocycles. The quantitative estimate of drug-likeness (QED) is 0.907. The van der Waals surface area contributed by atoms with Gasteiger partial charge in [0.25, 0.3) is 0 Å². The van der Waals surface area contributed by atoms with Crippen molar-refractivity contribution >= 4 is 34.3 Å². The summed E-state index contributed by atoms with van der Waals surface area (Å²) >= 11 is 3.83. The highest BCUT2D eigenvalue weighted by Gasteiger charge is 2.21. The van der Waals surface area contributed by atoms with Crippen LogP contribution in [0.25, 0.3) is 0 Å². The van der Waals surface area contributed by atoms with Gasteiger partial charge in [0.2, 0.25) is 0 Å². The Morgan fingerprint density at radius 3 is 3.00 bits per heavy atom. The van der Waals surface area contributed by atoms with E-state index >= 15 is 0 Å². The Morgan fingerprint density at radius 1 is 1.37 bits per heavy atom. The van der Waals surface area contributed by atoms with Gasteiger partial charge in [-0.05, 0) is 19.1 Å². The highest BCUT2D eigenvalue weighted by atomic mass is 32.2. The maximum atomic E-state index is 4.83. The van der Waals surface area contributed by atoms with Gasteiger partial charge >= 0.3 is 0 Å². The second-order valence-electron chi connectivity index (χ2n) is 4.82. The van der Waals surface area contributed by atoms with Crippen molar-refractivity contribution < 1.29 is 0 Å². The highest BCUT2D eigenvalue weighted by Crippen LogP contribution is 2.39. The number of aliphatic imine (C=N–C) groups is 1. The molecule has 1 fully saturated rings. The molecule has 0 amide bonds. The summed E-state index contributed by atoms with van der Waals surface area (Å²) in [6.07, 6.45) is 0. The van der Waals surface area contributed by atoms with E-state index in [-0.39, 0.29) is 0 Å². The number of nitrogens with one attached hydrogen (secondary N) is 1. The number of nitrogens with zero attached hydrogens (tertiary/aromatic N) is 2. The van der Waals surface area contributed by atoms with Crippen LogP contribution in [0, 0.1) is 0 Å². The molecule has 1 N–H and O–H groups in total. The summed E-state index contributed by atoms with van der Waals surface area (Å²) in [6, 6.07) is 8.43. The molecule has 0 aliphatic carbocycles. The van der Waals surface area contributed by atoms with Crippen molar-refractivity contribution in [1.82, 2.24) is 10.2 Å². The van der Waals surface area contributed by atoms with Crippen LogP contribution < -0.4 is 5.32 Å². The third-order valence-electron chi connectivity index (χ3n) is 3.35. The molecule has 3 rings (SSSR count). The van der Waals surface area contributed by atoms with Gasteiger partial charge in [-0.2, -0.15) is 0 Å². The van der Waals surface area contributed by atoms with Crippen LogP contribution in [0.15, 0.2) is 34.2 Å². The minimum absolute atomic E-state index is 0.475. The number of piperazine rings is 1. The molecular weight excluding hydrogens is 274 g/mol. The number of hydrogen-bond donors (Lipinski definition) is 1. The average Bonchev–Trinajstić information content (AvgIpc) is 2.46. The largest absolute Gasteiger partial charge is 0.314 e. The molecule has 3 nitrogen and oxygen atoms in total. The first-order valence-electron chi connectivity index (χ1n) is 6.73. The highest BCUT2D eigenvalue weighted by molar-refractivity contribution is 8.16. The SMILES string of the molecule is CC1Sc2ccccc2N=C1SCN1CCNCC1. The molecule has 102 valence electrons. The number of fused-ring (bicyclic) bond motifs is 1. The molecule has 0 spiro atoms. The van der Waals surface area contributed by atoms with Gasteiger partial charge in [-0.3, -0.25) is 4.90 Å². The third kappa shape index (κ3) is 3.34. The molecule has 5 heteroatoms. The van der Waals surface area contributed by atoms with Crippen LogP contribution in [-0.4, -0.2) is 47.2 Å². The Kier molecular flexibility index (Phi) is 4.48. The minimum Gasteiger partial charge on any atom is -0.314 e. The van der Waals surface area contributed by atoms with Crippen molar-refractivity contribution in [3.63, 3.8) is 0 Å². The van der Waals surface area contributed by atoms with E-state index in [1.54, 1.807) is 0 Å². The third-order valence-corrected chi connectivity index (χ3v) is 5.91. The second-order valence-corrected chi connectivity index (χ2v) is 7.17. The zero-order valence-electron chi connectivity index (χ0n) is 11.1. The minimum atomic E-state index is 0.475. The van der Waals surface area contributed by atoms with Crippen LogP contribution in [-0.2, 0) is 0 Å². The molecule has 2 aliphatic rings. The topological polar surface area (TPSA) is 27.6 Å². The number of hydrogen-bond acceptors (Lipinski definition) is 5. The molecule has 0 aromatic heterocycles. The van der Waals surface area contributed by atoms with Crippen molar-refractivity contribution in [2.75, 3.05) is 32.1 Å². The van der Waals surface area contributed by atoms with E-state index in [0.29, 0.717) is 5.25 Å². The van der Waals surface area contributed by atoms with Gasteiger partial charge in [-0.1, -0.05) is 23.9 Å². The monoisotopic (exact) mass is 293 g/mol. The van der Waals surface area contributed by atoms with Crippen molar-refractivity contribution in [1.29, 1.82) is 0 Å². The zero-order valence-corrected chi connectivity index (χ0v) is 12.8. The van der Waals surface area contributed by atoms with E-state index in [2.05, 4.69) is 41.4 Å². The van der Waals surface area contributed by atoms with E-state index in [1.807, 2.05) is 23.5 Å². The Bertz CT molecular complexity index is 470. The predicted octanol–water partition coefficient (Wildman–Crippen LogP) is 2.81. The van der Waals surface area contributed by atoms with E-state index in [0.717, 1.165) is 37.7 Å². The molecule has 2 heterocycles. The zero-order chi connectivity index (χ0) is 13.1. The van der Waals surface area contributed by atoms with Crippen LogP contribution in [0.2, 0.25) is 0 Å². The summed E-state index contributed by atoms with van der Waals surface area (Å²) in [7, 11) is 0. The fraction of sp³-hybridized carbons (Fsp3) is 0.500. The van der Waals surface area contributed by atoms with E-state index in [1.165, 1.54) is 9.94 Å². The number of thioether (sulfide) groups is 2. The van der Waals surface area contributed by atoms with E-state index < -0.39 is 0 Å². The first kappa shape index (κ1) is 13.5. The van der Waals surface area contributed by atoms with E-state index in [9.17, 15) is 0 Å². The standard InChI is InChI=1S/C14H19N3S2/c1-11-14(18-10-17-8-6-15-7-9-17)16-12-4-2-3-5-13(12)19-11/h2-5,11,15H,6-10H2,1H3. The molecular formula is C14H19N3S2. The normalized spacial score (nSPS) is 23.8. The van der Waals surface area contributed by atoms with Gasteiger partial charge in [0.15, 0.2) is 0 Å². The summed E-state index contributed by atoms with van der Waals surface area (Å²) in [5.41, 5.74) is 1.13. The molecule has 1 atom stereocenters. The molecule has 0 bridgehead atoms. The van der Waals surface area contributed by atoms with Crippen LogP contribution in [0.3, 0.4) is 0 Å². The Morgan fingerprint density at radius 2 is 2.16 bits per heavy atom. The smallest absolute Gasteiger partial charge is 0.0882 e. The molecule has 0 saturated carbocycles. The van der Waals surface area contributed by atoms with Crippen molar-refractivity contribution in [2.45, 2.75) is 17.1 Å². The van der Waals surface area contributed by atoms with Crippen molar-refractivity contribution in [2.24, 2.45) is 4.99 Å². The Balaban J connectivity index is 1.65. The van der Waals surface area contributed by atoms with Gasteiger partial charge < -0.3 is 5.32 Å². The number of para-hydroxylation sites is 1. The Hall–Kier alpha value is -0.490. The molecule has 19 heavy (non-hydrogen) atoms. The summed E-state index contributed by atoms with van der Waals surface area (Å²) in [4.78, 5) is 8.64. The van der Waals surface area contributed by atoms with Gasteiger partial charge in [-0.25, -0.2) is 4.99 Å². The molecule has 0 radical (unpaired) electrons. The van der Waals surface area contributed by atoms with Gasteiger partial charge in [0.1, 0.15) is 0 Å². The lowest BCUT2D eigenvalue weighted by molar-refractivity contribution is 0.280. The fourth-order valence-corrected chi connectivity index (χ4v) is 4.49. The van der Waals surface area contributed by atoms with Crippen molar-refractivity contribution in [3.8, 4) is 0 Å². The van der Waals surface area contributed by atoms with Gasteiger partial charge in [0.05, 0.1) is 21.9 Å². The maximum Gasteiger partial charge on any atom is 0.0882 e. The maximum absolute atomic E-state index is 4.83. The molecule has 1 aromatic carbocycles. The fourth-order valence-electron chi connectivity index (χ4n) is 2.25. The van der Waals surface area contributed by atoms with Crippen molar-refractivity contribution in [3.05, 3.63) is 24.3 Å². The van der Waals surface area contributed by atoms with Crippen LogP contribution >= 0.6 is 23.5 Å². The summed E-state index contributed by atoms with van der Waals surface area (Å²) < 4.78 is 0. The first-order valence-corrected chi connectivity index (χ1v) is 8.59. The Labute approximate surface area is 123 Å². The molecule has 1 saturated heterocycles. The van der Waals surface area contributed by atoms with Crippen LogP contribution in [0.5, 0.6) is 0 Å². The molecule has 1 unspecified atom stereocenters. The van der Waals surface area contributed by atoms with Gasteiger partial charge in [0, 0.05) is 31.1 Å². The van der Waals surface area contributed by atoms with Crippen LogP contribution in [0.1, 0.15) is 6.92 Å². The summed E-state index contributed by atoms with van der Waals surface area (Å²) in [5.74, 6) is 1.06. The predicted molar refractivity (Wildman–Crippen MR) is 85.8 cm³/mol. The summed E-state index contributed by atoms with van der Waals surface area (Å²) in [5, 5.41) is 5.13. The van der Waals surface area contributed by atoms with E-state index in [4.69, 9.17) is 4.99 Å².